The molecule has 0 aliphatic carbocycles. The molecule has 0 unspecified atom stereocenters. The van der Waals surface area contributed by atoms with Gasteiger partial charge in [-0.3, -0.25) is 9.36 Å². The van der Waals surface area contributed by atoms with Crippen molar-refractivity contribution in [3.05, 3.63) is 29.2 Å². The summed E-state index contributed by atoms with van der Waals surface area (Å²) in [5.41, 5.74) is 3.52. The number of halogens is 1. The van der Waals surface area contributed by atoms with Crippen LogP contribution in [0.5, 0.6) is 0 Å². The average molecular weight is 256 g/mol. The molecule has 6 heteroatoms. The standard InChI is InChI=1S/C11H17N5.ClH/c1-8-5-11(14-15(8)3)12-6-10-7-13-16(4)9(10)2;/h5,7H,6H2,1-4H3,(H,12,14);1H. The molecule has 0 atom stereocenters. The van der Waals surface area contributed by atoms with Crippen LogP contribution >= 0.6 is 12.4 Å². The van der Waals surface area contributed by atoms with Crippen LogP contribution in [0.4, 0.5) is 5.82 Å². The van der Waals surface area contributed by atoms with E-state index in [1.54, 1.807) is 0 Å². The van der Waals surface area contributed by atoms with Crippen molar-refractivity contribution in [3.8, 4) is 0 Å². The molecule has 94 valence electrons. The Morgan fingerprint density at radius 2 is 1.94 bits per heavy atom. The molecule has 0 aliphatic rings. The molecule has 17 heavy (non-hydrogen) atoms. The van der Waals surface area contributed by atoms with Gasteiger partial charge in [0.25, 0.3) is 0 Å². The van der Waals surface area contributed by atoms with Gasteiger partial charge < -0.3 is 5.32 Å². The van der Waals surface area contributed by atoms with Crippen LogP contribution in [0.1, 0.15) is 17.0 Å². The Labute approximate surface area is 107 Å². The summed E-state index contributed by atoms with van der Waals surface area (Å²) < 4.78 is 3.74. The molecule has 2 heterocycles. The van der Waals surface area contributed by atoms with E-state index < -0.39 is 0 Å². The van der Waals surface area contributed by atoms with Crippen molar-refractivity contribution in [2.24, 2.45) is 14.1 Å². The fourth-order valence-corrected chi connectivity index (χ4v) is 1.55. The largest absolute Gasteiger partial charge is 0.364 e. The second kappa shape index (κ2) is 5.23. The van der Waals surface area contributed by atoms with Gasteiger partial charge in [0, 0.05) is 43.7 Å². The van der Waals surface area contributed by atoms with E-state index in [1.165, 1.54) is 11.3 Å². The maximum atomic E-state index is 4.34. The summed E-state index contributed by atoms with van der Waals surface area (Å²) in [6.07, 6.45) is 1.89. The van der Waals surface area contributed by atoms with Crippen LogP contribution in [0.3, 0.4) is 0 Å². The molecule has 0 radical (unpaired) electrons. The predicted molar refractivity (Wildman–Crippen MR) is 70.5 cm³/mol. The first-order valence-corrected chi connectivity index (χ1v) is 5.30. The number of nitrogens with zero attached hydrogens (tertiary/aromatic N) is 4. The van der Waals surface area contributed by atoms with Crippen molar-refractivity contribution >= 4 is 18.2 Å². The van der Waals surface area contributed by atoms with Crippen LogP contribution in [0.15, 0.2) is 12.3 Å². The fourth-order valence-electron chi connectivity index (χ4n) is 1.55. The molecular formula is C11H18ClN5. The summed E-state index contributed by atoms with van der Waals surface area (Å²) in [5.74, 6) is 0.906. The van der Waals surface area contributed by atoms with Gasteiger partial charge in [-0.15, -0.1) is 12.4 Å². The van der Waals surface area contributed by atoms with Gasteiger partial charge in [0.05, 0.1) is 6.20 Å². The minimum atomic E-state index is 0. The molecule has 0 fully saturated rings. The van der Waals surface area contributed by atoms with E-state index in [0.29, 0.717) is 0 Å². The zero-order valence-electron chi connectivity index (χ0n) is 10.6. The number of aromatic nitrogens is 4. The highest BCUT2D eigenvalue weighted by Crippen LogP contribution is 2.11. The van der Waals surface area contributed by atoms with E-state index in [4.69, 9.17) is 0 Å². The average Bonchev–Trinajstić information content (AvgIpc) is 2.72. The first-order chi connectivity index (χ1) is 7.58. The van der Waals surface area contributed by atoms with Gasteiger partial charge in [-0.2, -0.15) is 10.2 Å². The van der Waals surface area contributed by atoms with Gasteiger partial charge in [0.2, 0.25) is 0 Å². The van der Waals surface area contributed by atoms with Gasteiger partial charge in [0.1, 0.15) is 5.82 Å². The van der Waals surface area contributed by atoms with Crippen molar-refractivity contribution in [1.82, 2.24) is 19.6 Å². The molecular weight excluding hydrogens is 238 g/mol. The number of nitrogens with one attached hydrogen (secondary N) is 1. The van der Waals surface area contributed by atoms with Gasteiger partial charge in [-0.1, -0.05) is 0 Å². The van der Waals surface area contributed by atoms with Crippen LogP contribution in [-0.4, -0.2) is 19.6 Å². The van der Waals surface area contributed by atoms with Crippen LogP contribution in [0.25, 0.3) is 0 Å². The summed E-state index contributed by atoms with van der Waals surface area (Å²) in [4.78, 5) is 0. The topological polar surface area (TPSA) is 47.7 Å². The van der Waals surface area contributed by atoms with Crippen molar-refractivity contribution in [2.75, 3.05) is 5.32 Å². The second-order valence-corrected chi connectivity index (χ2v) is 4.03. The lowest BCUT2D eigenvalue weighted by Gasteiger charge is -2.02. The molecule has 2 aromatic rings. The minimum absolute atomic E-state index is 0. The highest BCUT2D eigenvalue weighted by molar-refractivity contribution is 5.85. The maximum Gasteiger partial charge on any atom is 0.148 e. The van der Waals surface area contributed by atoms with E-state index in [1.807, 2.05) is 42.6 Å². The van der Waals surface area contributed by atoms with Crippen molar-refractivity contribution < 1.29 is 0 Å². The molecule has 2 rings (SSSR count). The number of hydrogen-bond acceptors (Lipinski definition) is 3. The normalized spacial score (nSPS) is 10.1. The maximum absolute atomic E-state index is 4.34. The predicted octanol–water partition coefficient (Wildman–Crippen LogP) is 1.80. The molecule has 5 nitrogen and oxygen atoms in total. The quantitative estimate of drug-likeness (QED) is 0.910. The summed E-state index contributed by atoms with van der Waals surface area (Å²) in [5, 5.41) is 11.8. The second-order valence-electron chi connectivity index (χ2n) is 4.03. The van der Waals surface area contributed by atoms with Gasteiger partial charge >= 0.3 is 0 Å². The van der Waals surface area contributed by atoms with Crippen LogP contribution < -0.4 is 5.32 Å². The summed E-state index contributed by atoms with van der Waals surface area (Å²) in [6, 6.07) is 2.03. The molecule has 0 aliphatic heterocycles. The SMILES string of the molecule is Cc1cc(NCc2cnn(C)c2C)nn1C.Cl. The number of hydrogen-bond donors (Lipinski definition) is 1. The third-order valence-electron chi connectivity index (χ3n) is 2.91. The number of anilines is 1. The molecule has 1 N–H and O–H groups in total. The Morgan fingerprint density at radius 3 is 2.41 bits per heavy atom. The molecule has 0 bridgehead atoms. The van der Waals surface area contributed by atoms with Gasteiger partial charge in [-0.05, 0) is 13.8 Å². The fraction of sp³-hybridized carbons (Fsp3) is 0.455. The number of rotatable bonds is 3. The summed E-state index contributed by atoms with van der Waals surface area (Å²) in [6.45, 7) is 4.86. The van der Waals surface area contributed by atoms with E-state index in [0.717, 1.165) is 18.1 Å². The Kier molecular flexibility index (Phi) is 4.17. The van der Waals surface area contributed by atoms with Crippen molar-refractivity contribution in [2.45, 2.75) is 20.4 Å². The van der Waals surface area contributed by atoms with Crippen molar-refractivity contribution in [3.63, 3.8) is 0 Å². The molecule has 2 aromatic heterocycles. The van der Waals surface area contributed by atoms with Gasteiger partial charge in [-0.25, -0.2) is 0 Å². The van der Waals surface area contributed by atoms with E-state index >= 15 is 0 Å². The molecule has 0 aromatic carbocycles. The monoisotopic (exact) mass is 255 g/mol. The summed E-state index contributed by atoms with van der Waals surface area (Å²) in [7, 11) is 3.89. The zero-order valence-corrected chi connectivity index (χ0v) is 11.4. The lowest BCUT2D eigenvalue weighted by Crippen LogP contribution is -2.02. The highest BCUT2D eigenvalue weighted by Gasteiger charge is 2.05. The first kappa shape index (κ1) is 13.6. The van der Waals surface area contributed by atoms with Gasteiger partial charge in [0.15, 0.2) is 0 Å². The van der Waals surface area contributed by atoms with Crippen LogP contribution in [0, 0.1) is 13.8 Å². The Balaban J connectivity index is 0.00000144. The first-order valence-electron chi connectivity index (χ1n) is 5.30. The zero-order chi connectivity index (χ0) is 11.7. The Bertz CT molecular complexity index is 480. The highest BCUT2D eigenvalue weighted by atomic mass is 35.5. The third-order valence-corrected chi connectivity index (χ3v) is 2.91. The lowest BCUT2D eigenvalue weighted by atomic mass is 10.2. The number of aryl methyl sites for hydroxylation is 3. The smallest absolute Gasteiger partial charge is 0.148 e. The molecule has 0 amide bonds. The van der Waals surface area contributed by atoms with Crippen LogP contribution in [-0.2, 0) is 20.6 Å². The van der Waals surface area contributed by atoms with Crippen molar-refractivity contribution in [1.29, 1.82) is 0 Å². The third kappa shape index (κ3) is 2.79. The molecule has 0 saturated carbocycles. The Hall–Kier alpha value is -1.49. The van der Waals surface area contributed by atoms with E-state index in [2.05, 4.69) is 22.4 Å². The van der Waals surface area contributed by atoms with E-state index in [-0.39, 0.29) is 12.4 Å². The Morgan fingerprint density at radius 1 is 1.24 bits per heavy atom. The molecule has 0 saturated heterocycles. The van der Waals surface area contributed by atoms with E-state index in [9.17, 15) is 0 Å². The minimum Gasteiger partial charge on any atom is -0.364 e. The summed E-state index contributed by atoms with van der Waals surface area (Å²) >= 11 is 0. The lowest BCUT2D eigenvalue weighted by molar-refractivity contribution is 0.736. The van der Waals surface area contributed by atoms with Crippen LogP contribution in [0.2, 0.25) is 0 Å². The molecule has 0 spiro atoms.